The summed E-state index contributed by atoms with van der Waals surface area (Å²) in [5.41, 5.74) is -0.762. The maximum Gasteiger partial charge on any atom is 0.410 e. The van der Waals surface area contributed by atoms with Crippen LogP contribution in [0.4, 0.5) is 4.79 Å². The number of rotatable bonds is 8. The van der Waals surface area contributed by atoms with Gasteiger partial charge in [-0.1, -0.05) is 13.3 Å². The Bertz CT molecular complexity index is 319. The zero-order valence-electron chi connectivity index (χ0n) is 15.5. The molecule has 5 heteroatoms. The lowest BCUT2D eigenvalue weighted by Crippen LogP contribution is -2.50. The van der Waals surface area contributed by atoms with Gasteiger partial charge in [0.2, 0.25) is 0 Å². The second-order valence-corrected chi connectivity index (χ2v) is 7.79. The minimum atomic E-state index is -0.484. The van der Waals surface area contributed by atoms with Crippen LogP contribution in [0.2, 0.25) is 0 Å². The first-order valence-corrected chi connectivity index (χ1v) is 8.33. The molecule has 22 heavy (non-hydrogen) atoms. The van der Waals surface area contributed by atoms with Gasteiger partial charge in [-0.05, 0) is 60.4 Å². The Kier molecular flexibility index (Phi) is 9.01. The first-order valence-electron chi connectivity index (χ1n) is 8.33. The molecular formula is C17H36N2O3. The standard InChI is InChI=1S/C17H36N2O3/c1-8-14(9-12-20)13-18-10-11-19(16(2,3)4)15(21)22-17(5,6)7/h14,18,20H,8-13H2,1-7H3. The Morgan fingerprint density at radius 2 is 1.82 bits per heavy atom. The van der Waals surface area contributed by atoms with E-state index in [1.165, 1.54) is 0 Å². The maximum atomic E-state index is 12.3. The number of nitrogens with one attached hydrogen (secondary N) is 1. The number of carbonyl (C=O) groups is 1. The molecule has 5 nitrogen and oxygen atoms in total. The van der Waals surface area contributed by atoms with Crippen molar-refractivity contribution in [2.75, 3.05) is 26.2 Å². The van der Waals surface area contributed by atoms with E-state index in [1.807, 2.05) is 41.5 Å². The molecule has 0 aliphatic rings. The minimum absolute atomic E-state index is 0.228. The van der Waals surface area contributed by atoms with Gasteiger partial charge in [0, 0.05) is 25.2 Å². The third kappa shape index (κ3) is 9.26. The molecular weight excluding hydrogens is 280 g/mol. The van der Waals surface area contributed by atoms with Gasteiger partial charge in [-0.3, -0.25) is 0 Å². The van der Waals surface area contributed by atoms with E-state index in [1.54, 1.807) is 4.90 Å². The highest BCUT2D eigenvalue weighted by molar-refractivity contribution is 5.69. The summed E-state index contributed by atoms with van der Waals surface area (Å²) >= 11 is 0. The number of amides is 1. The minimum Gasteiger partial charge on any atom is -0.444 e. The van der Waals surface area contributed by atoms with E-state index in [0.717, 1.165) is 25.9 Å². The van der Waals surface area contributed by atoms with Crippen molar-refractivity contribution in [3.8, 4) is 0 Å². The van der Waals surface area contributed by atoms with Crippen molar-refractivity contribution >= 4 is 6.09 Å². The lowest BCUT2D eigenvalue weighted by Gasteiger charge is -2.37. The molecule has 2 N–H and O–H groups in total. The predicted molar refractivity (Wildman–Crippen MR) is 91.0 cm³/mol. The Morgan fingerprint density at radius 3 is 2.23 bits per heavy atom. The molecule has 0 spiro atoms. The average molecular weight is 316 g/mol. The van der Waals surface area contributed by atoms with Crippen LogP contribution in [0.3, 0.4) is 0 Å². The van der Waals surface area contributed by atoms with E-state index in [2.05, 4.69) is 12.2 Å². The largest absolute Gasteiger partial charge is 0.444 e. The van der Waals surface area contributed by atoms with Crippen LogP contribution < -0.4 is 5.32 Å². The number of hydrogen-bond donors (Lipinski definition) is 2. The summed E-state index contributed by atoms with van der Waals surface area (Å²) in [6.45, 7) is 16.2. The van der Waals surface area contributed by atoms with Gasteiger partial charge in [0.25, 0.3) is 0 Å². The molecule has 0 aromatic carbocycles. The van der Waals surface area contributed by atoms with Crippen LogP contribution in [-0.2, 0) is 4.74 Å². The van der Waals surface area contributed by atoms with Gasteiger partial charge < -0.3 is 20.1 Å². The fourth-order valence-corrected chi connectivity index (χ4v) is 2.15. The fourth-order valence-electron chi connectivity index (χ4n) is 2.15. The molecule has 0 rings (SSSR count). The van der Waals surface area contributed by atoms with Crippen LogP contribution in [0.25, 0.3) is 0 Å². The van der Waals surface area contributed by atoms with Crippen LogP contribution in [0, 0.1) is 5.92 Å². The summed E-state index contributed by atoms with van der Waals surface area (Å²) in [5, 5.41) is 12.4. The molecule has 0 aromatic rings. The lowest BCUT2D eigenvalue weighted by molar-refractivity contribution is 0.00660. The Morgan fingerprint density at radius 1 is 1.23 bits per heavy atom. The molecule has 0 heterocycles. The zero-order valence-corrected chi connectivity index (χ0v) is 15.5. The van der Waals surface area contributed by atoms with Gasteiger partial charge in [0.1, 0.15) is 5.60 Å². The number of nitrogens with zero attached hydrogens (tertiary/aromatic N) is 1. The smallest absolute Gasteiger partial charge is 0.410 e. The summed E-state index contributed by atoms with van der Waals surface area (Å²) in [4.78, 5) is 14.1. The van der Waals surface area contributed by atoms with Crippen molar-refractivity contribution in [3.63, 3.8) is 0 Å². The highest BCUT2D eigenvalue weighted by Gasteiger charge is 2.30. The summed E-state index contributed by atoms with van der Waals surface area (Å²) in [6.07, 6.45) is 1.59. The van der Waals surface area contributed by atoms with E-state index < -0.39 is 5.60 Å². The predicted octanol–water partition coefficient (Wildman–Crippen LogP) is 3.02. The van der Waals surface area contributed by atoms with E-state index in [-0.39, 0.29) is 18.2 Å². The summed E-state index contributed by atoms with van der Waals surface area (Å²) in [7, 11) is 0. The molecule has 0 bridgehead atoms. The lowest BCUT2D eigenvalue weighted by atomic mass is 10.0. The summed E-state index contributed by atoms with van der Waals surface area (Å²) in [6, 6.07) is 0. The first kappa shape index (κ1) is 21.2. The molecule has 0 saturated carbocycles. The normalized spacial score (nSPS) is 13.8. The Hall–Kier alpha value is -0.810. The van der Waals surface area contributed by atoms with E-state index >= 15 is 0 Å². The highest BCUT2D eigenvalue weighted by atomic mass is 16.6. The molecule has 0 aliphatic carbocycles. The maximum absolute atomic E-state index is 12.3. The second-order valence-electron chi connectivity index (χ2n) is 7.79. The number of carbonyl (C=O) groups excluding carboxylic acids is 1. The Balaban J connectivity index is 4.42. The molecule has 132 valence electrons. The third-order valence-corrected chi connectivity index (χ3v) is 3.48. The van der Waals surface area contributed by atoms with E-state index in [9.17, 15) is 4.79 Å². The highest BCUT2D eigenvalue weighted by Crippen LogP contribution is 2.18. The van der Waals surface area contributed by atoms with Crippen LogP contribution in [0.15, 0.2) is 0 Å². The van der Waals surface area contributed by atoms with Gasteiger partial charge in [-0.2, -0.15) is 0 Å². The number of hydrogen-bond acceptors (Lipinski definition) is 4. The van der Waals surface area contributed by atoms with Crippen molar-refractivity contribution in [2.24, 2.45) is 5.92 Å². The summed E-state index contributed by atoms with van der Waals surface area (Å²) in [5.74, 6) is 0.481. The van der Waals surface area contributed by atoms with Crippen molar-refractivity contribution in [3.05, 3.63) is 0 Å². The van der Waals surface area contributed by atoms with Crippen LogP contribution in [0.1, 0.15) is 61.3 Å². The van der Waals surface area contributed by atoms with Crippen molar-refractivity contribution in [2.45, 2.75) is 72.4 Å². The SMILES string of the molecule is CCC(CCO)CNCCN(C(=O)OC(C)(C)C)C(C)(C)C. The van der Waals surface area contributed by atoms with Crippen molar-refractivity contribution in [1.82, 2.24) is 10.2 Å². The van der Waals surface area contributed by atoms with Crippen molar-refractivity contribution in [1.29, 1.82) is 0 Å². The van der Waals surface area contributed by atoms with E-state index in [0.29, 0.717) is 12.5 Å². The molecule has 0 fully saturated rings. The van der Waals surface area contributed by atoms with Gasteiger partial charge in [-0.25, -0.2) is 4.79 Å². The number of ether oxygens (including phenoxy) is 1. The van der Waals surface area contributed by atoms with Gasteiger partial charge in [-0.15, -0.1) is 0 Å². The molecule has 0 aromatic heterocycles. The van der Waals surface area contributed by atoms with Gasteiger partial charge in [0.15, 0.2) is 0 Å². The number of aliphatic hydroxyl groups is 1. The quantitative estimate of drug-likeness (QED) is 0.676. The molecule has 0 aliphatic heterocycles. The number of aliphatic hydroxyl groups excluding tert-OH is 1. The first-order chi connectivity index (χ1) is 10.0. The van der Waals surface area contributed by atoms with Gasteiger partial charge >= 0.3 is 6.09 Å². The monoisotopic (exact) mass is 316 g/mol. The summed E-state index contributed by atoms with van der Waals surface area (Å²) < 4.78 is 5.49. The molecule has 1 atom stereocenters. The topological polar surface area (TPSA) is 61.8 Å². The fraction of sp³-hybridized carbons (Fsp3) is 0.941. The average Bonchev–Trinajstić information content (AvgIpc) is 2.33. The van der Waals surface area contributed by atoms with Crippen LogP contribution >= 0.6 is 0 Å². The van der Waals surface area contributed by atoms with Crippen LogP contribution in [0.5, 0.6) is 0 Å². The van der Waals surface area contributed by atoms with E-state index in [4.69, 9.17) is 9.84 Å². The Labute approximate surface area is 136 Å². The third-order valence-electron chi connectivity index (χ3n) is 3.48. The van der Waals surface area contributed by atoms with Crippen LogP contribution in [-0.4, -0.2) is 53.5 Å². The van der Waals surface area contributed by atoms with Gasteiger partial charge in [0.05, 0.1) is 0 Å². The second kappa shape index (κ2) is 9.36. The zero-order chi connectivity index (χ0) is 17.4. The molecule has 1 unspecified atom stereocenters. The molecule has 0 saturated heterocycles. The molecule has 1 amide bonds. The molecule has 0 radical (unpaired) electrons. The van der Waals surface area contributed by atoms with Crippen molar-refractivity contribution < 1.29 is 14.6 Å².